The van der Waals surface area contributed by atoms with Gasteiger partial charge in [-0.3, -0.25) is 9.78 Å². The highest BCUT2D eigenvalue weighted by Crippen LogP contribution is 2.24. The normalized spacial score (nSPS) is 10.3. The Hall–Kier alpha value is -2.23. The molecule has 1 heterocycles. The summed E-state index contributed by atoms with van der Waals surface area (Å²) in [4.78, 5) is 15.3. The van der Waals surface area contributed by atoms with Crippen LogP contribution in [0.15, 0.2) is 36.5 Å². The number of ether oxygens (including phenoxy) is 1. The summed E-state index contributed by atoms with van der Waals surface area (Å²) < 4.78 is 18.5. The van der Waals surface area contributed by atoms with E-state index in [1.54, 1.807) is 18.3 Å². The van der Waals surface area contributed by atoms with Crippen LogP contribution in [0.2, 0.25) is 0 Å². The monoisotopic (exact) mass is 259 g/mol. The Morgan fingerprint density at radius 3 is 2.79 bits per heavy atom. The lowest BCUT2D eigenvalue weighted by molar-refractivity contribution is -0.139. The van der Waals surface area contributed by atoms with E-state index < -0.39 is 11.8 Å². The molecule has 0 N–H and O–H groups in total. The standard InChI is InChI=1S/C15H14FNO2/c1-10-13(4-3-7-17-10)11-5-6-12(14(16)8-11)9-15(18)19-2/h3-8H,9H2,1-2H3. The summed E-state index contributed by atoms with van der Waals surface area (Å²) in [5.41, 5.74) is 2.79. The van der Waals surface area contributed by atoms with E-state index in [1.165, 1.54) is 13.2 Å². The first-order valence-corrected chi connectivity index (χ1v) is 5.89. The lowest BCUT2D eigenvalue weighted by Gasteiger charge is -2.07. The molecule has 3 nitrogen and oxygen atoms in total. The van der Waals surface area contributed by atoms with E-state index in [0.717, 1.165) is 16.8 Å². The minimum Gasteiger partial charge on any atom is -0.469 e. The van der Waals surface area contributed by atoms with Crippen LogP contribution in [0.1, 0.15) is 11.3 Å². The van der Waals surface area contributed by atoms with Crippen LogP contribution in [-0.2, 0) is 16.0 Å². The fraction of sp³-hybridized carbons (Fsp3) is 0.200. The van der Waals surface area contributed by atoms with Gasteiger partial charge in [0, 0.05) is 17.5 Å². The number of aryl methyl sites for hydroxylation is 1. The van der Waals surface area contributed by atoms with Gasteiger partial charge in [0.2, 0.25) is 0 Å². The highest BCUT2D eigenvalue weighted by molar-refractivity contribution is 5.73. The van der Waals surface area contributed by atoms with Gasteiger partial charge in [0.05, 0.1) is 13.5 Å². The molecule has 0 fully saturated rings. The smallest absolute Gasteiger partial charge is 0.310 e. The average Bonchev–Trinajstić information content (AvgIpc) is 2.41. The minimum absolute atomic E-state index is 0.0609. The molecule has 98 valence electrons. The minimum atomic E-state index is -0.454. The van der Waals surface area contributed by atoms with Gasteiger partial charge < -0.3 is 4.74 Å². The first kappa shape index (κ1) is 13.2. The van der Waals surface area contributed by atoms with Crippen LogP contribution in [0, 0.1) is 12.7 Å². The number of esters is 1. The molecule has 0 radical (unpaired) electrons. The predicted molar refractivity (Wildman–Crippen MR) is 70.1 cm³/mol. The number of aromatic nitrogens is 1. The number of carbonyl (C=O) groups excluding carboxylic acids is 1. The van der Waals surface area contributed by atoms with Gasteiger partial charge >= 0.3 is 5.97 Å². The third-order valence-corrected chi connectivity index (χ3v) is 2.93. The van der Waals surface area contributed by atoms with Crippen molar-refractivity contribution in [3.8, 4) is 11.1 Å². The van der Waals surface area contributed by atoms with Crippen LogP contribution in [-0.4, -0.2) is 18.1 Å². The molecule has 0 aliphatic rings. The Bertz CT molecular complexity index is 611. The number of nitrogens with zero attached hydrogens (tertiary/aromatic N) is 1. The molecule has 1 aromatic carbocycles. The van der Waals surface area contributed by atoms with E-state index in [2.05, 4.69) is 9.72 Å². The van der Waals surface area contributed by atoms with Crippen molar-refractivity contribution in [3.63, 3.8) is 0 Å². The van der Waals surface area contributed by atoms with E-state index in [-0.39, 0.29) is 6.42 Å². The van der Waals surface area contributed by atoms with Crippen molar-refractivity contribution in [1.82, 2.24) is 4.98 Å². The zero-order chi connectivity index (χ0) is 13.8. The molecule has 0 spiro atoms. The quantitative estimate of drug-likeness (QED) is 0.795. The number of halogens is 1. The molecule has 2 aromatic rings. The van der Waals surface area contributed by atoms with Gasteiger partial charge in [-0.25, -0.2) is 4.39 Å². The number of hydrogen-bond donors (Lipinski definition) is 0. The Kier molecular flexibility index (Phi) is 3.90. The molecule has 0 unspecified atom stereocenters. The molecule has 4 heteroatoms. The Balaban J connectivity index is 2.34. The molecule has 0 aliphatic carbocycles. The summed E-state index contributed by atoms with van der Waals surface area (Å²) in [6, 6.07) is 8.50. The van der Waals surface area contributed by atoms with Gasteiger partial charge in [-0.15, -0.1) is 0 Å². The van der Waals surface area contributed by atoms with Gasteiger partial charge in [0.15, 0.2) is 0 Å². The number of carbonyl (C=O) groups is 1. The topological polar surface area (TPSA) is 39.2 Å². The molecular formula is C15H14FNO2. The van der Waals surface area contributed by atoms with Crippen molar-refractivity contribution in [2.45, 2.75) is 13.3 Å². The number of rotatable bonds is 3. The summed E-state index contributed by atoms with van der Waals surface area (Å²) in [7, 11) is 1.29. The summed E-state index contributed by atoms with van der Waals surface area (Å²) >= 11 is 0. The van der Waals surface area contributed by atoms with E-state index >= 15 is 0 Å². The van der Waals surface area contributed by atoms with E-state index in [4.69, 9.17) is 0 Å². The molecule has 0 saturated carbocycles. The summed E-state index contributed by atoms with van der Waals surface area (Å²) in [5, 5.41) is 0. The third kappa shape index (κ3) is 2.96. The van der Waals surface area contributed by atoms with Crippen molar-refractivity contribution in [1.29, 1.82) is 0 Å². The molecule has 0 saturated heterocycles. The molecular weight excluding hydrogens is 245 g/mol. The Labute approximate surface area is 111 Å². The van der Waals surface area contributed by atoms with Gasteiger partial charge in [0.25, 0.3) is 0 Å². The second kappa shape index (κ2) is 5.61. The number of methoxy groups -OCH3 is 1. The Morgan fingerprint density at radius 2 is 2.16 bits per heavy atom. The van der Waals surface area contributed by atoms with Crippen LogP contribution in [0.5, 0.6) is 0 Å². The van der Waals surface area contributed by atoms with Crippen LogP contribution in [0.3, 0.4) is 0 Å². The first-order valence-electron chi connectivity index (χ1n) is 5.89. The molecule has 0 aliphatic heterocycles. The maximum atomic E-state index is 13.9. The van der Waals surface area contributed by atoms with Gasteiger partial charge in [-0.1, -0.05) is 18.2 Å². The first-order chi connectivity index (χ1) is 9.11. The molecule has 0 bridgehead atoms. The zero-order valence-corrected chi connectivity index (χ0v) is 10.8. The number of benzene rings is 1. The summed E-state index contributed by atoms with van der Waals surface area (Å²) in [6.07, 6.45) is 1.63. The van der Waals surface area contributed by atoms with E-state index in [9.17, 15) is 9.18 Å². The highest BCUT2D eigenvalue weighted by atomic mass is 19.1. The van der Waals surface area contributed by atoms with Crippen LogP contribution < -0.4 is 0 Å². The fourth-order valence-corrected chi connectivity index (χ4v) is 1.88. The molecule has 0 amide bonds. The van der Waals surface area contributed by atoms with Crippen LogP contribution in [0.25, 0.3) is 11.1 Å². The second-order valence-electron chi connectivity index (χ2n) is 4.20. The lowest BCUT2D eigenvalue weighted by atomic mass is 10.0. The summed E-state index contributed by atoms with van der Waals surface area (Å²) in [5.74, 6) is -0.865. The average molecular weight is 259 g/mol. The van der Waals surface area contributed by atoms with Crippen molar-refractivity contribution in [2.75, 3.05) is 7.11 Å². The highest BCUT2D eigenvalue weighted by Gasteiger charge is 2.10. The van der Waals surface area contributed by atoms with E-state index in [1.807, 2.05) is 19.1 Å². The van der Waals surface area contributed by atoms with E-state index in [0.29, 0.717) is 5.56 Å². The number of pyridine rings is 1. The predicted octanol–water partition coefficient (Wildman–Crippen LogP) is 2.91. The van der Waals surface area contributed by atoms with Crippen LogP contribution in [0.4, 0.5) is 4.39 Å². The largest absolute Gasteiger partial charge is 0.469 e. The summed E-state index contributed by atoms with van der Waals surface area (Å²) in [6.45, 7) is 1.87. The van der Waals surface area contributed by atoms with Gasteiger partial charge in [-0.05, 0) is 30.2 Å². The van der Waals surface area contributed by atoms with Gasteiger partial charge in [0.1, 0.15) is 5.82 Å². The van der Waals surface area contributed by atoms with Crippen molar-refractivity contribution in [2.24, 2.45) is 0 Å². The maximum absolute atomic E-state index is 13.9. The van der Waals surface area contributed by atoms with Crippen LogP contribution >= 0.6 is 0 Å². The van der Waals surface area contributed by atoms with Crippen molar-refractivity contribution >= 4 is 5.97 Å². The van der Waals surface area contributed by atoms with Gasteiger partial charge in [-0.2, -0.15) is 0 Å². The Morgan fingerprint density at radius 1 is 1.37 bits per heavy atom. The maximum Gasteiger partial charge on any atom is 0.310 e. The second-order valence-corrected chi connectivity index (χ2v) is 4.20. The zero-order valence-electron chi connectivity index (χ0n) is 10.8. The molecule has 0 atom stereocenters. The molecule has 2 rings (SSSR count). The van der Waals surface area contributed by atoms with Crippen molar-refractivity contribution in [3.05, 3.63) is 53.6 Å². The van der Waals surface area contributed by atoms with Crippen molar-refractivity contribution < 1.29 is 13.9 Å². The number of hydrogen-bond acceptors (Lipinski definition) is 3. The lowest BCUT2D eigenvalue weighted by Crippen LogP contribution is -2.06. The SMILES string of the molecule is COC(=O)Cc1ccc(-c2cccnc2C)cc1F. The third-order valence-electron chi connectivity index (χ3n) is 2.93. The molecule has 1 aromatic heterocycles. The fourth-order valence-electron chi connectivity index (χ4n) is 1.88. The molecule has 19 heavy (non-hydrogen) atoms.